The average molecular weight is 482 g/mol. The van der Waals surface area contributed by atoms with Gasteiger partial charge in [-0.3, -0.25) is 0 Å². The molecule has 0 aliphatic carbocycles. The standard InChI is InChI=1S/3C8H10N.Sb/c3*1-9(2)8-6-4-3-5-7-8;/h3*4-7H,1-2H3;. The van der Waals surface area contributed by atoms with Crippen LogP contribution in [0, 0.1) is 0 Å². The second-order valence-electron chi connectivity index (χ2n) is 7.57. The summed E-state index contributed by atoms with van der Waals surface area (Å²) in [5.41, 5.74) is 3.74. The monoisotopic (exact) mass is 481 g/mol. The Kier molecular flexibility index (Phi) is 6.56. The molecule has 0 radical (unpaired) electrons. The third-order valence-electron chi connectivity index (χ3n) is 4.87. The van der Waals surface area contributed by atoms with Crippen LogP contribution in [0.1, 0.15) is 0 Å². The molecule has 0 aliphatic heterocycles. The minimum absolute atomic E-state index is 1.25. The molecule has 3 aromatic carbocycles. The fourth-order valence-electron chi connectivity index (χ4n) is 3.15. The second kappa shape index (κ2) is 8.92. The first-order valence-corrected chi connectivity index (χ1v) is 13.3. The van der Waals surface area contributed by atoms with Crippen LogP contribution in [0.5, 0.6) is 0 Å². The minimum atomic E-state index is -2.07. The zero-order valence-corrected chi connectivity index (χ0v) is 20.3. The summed E-state index contributed by atoms with van der Waals surface area (Å²) in [6.07, 6.45) is 0. The average Bonchev–Trinajstić information content (AvgIpc) is 2.69. The van der Waals surface area contributed by atoms with Crippen molar-refractivity contribution >= 4 is 47.8 Å². The van der Waals surface area contributed by atoms with Gasteiger partial charge in [0.2, 0.25) is 0 Å². The maximum absolute atomic E-state index is 2.33. The fraction of sp³-hybridized carbons (Fsp3) is 0.250. The summed E-state index contributed by atoms with van der Waals surface area (Å²) in [6.45, 7) is 0. The summed E-state index contributed by atoms with van der Waals surface area (Å²) < 4.78 is 4.47. The molecule has 3 aromatic rings. The predicted octanol–water partition coefficient (Wildman–Crippen LogP) is 2.40. The van der Waals surface area contributed by atoms with Crippen LogP contribution in [-0.2, 0) is 0 Å². The molecule has 0 unspecified atom stereocenters. The van der Waals surface area contributed by atoms with Crippen LogP contribution >= 0.6 is 0 Å². The summed E-state index contributed by atoms with van der Waals surface area (Å²) >= 11 is -2.07. The molecule has 0 bridgehead atoms. The van der Waals surface area contributed by atoms with Crippen molar-refractivity contribution in [3.63, 3.8) is 0 Å². The molecule has 146 valence electrons. The van der Waals surface area contributed by atoms with Gasteiger partial charge in [0.25, 0.3) is 0 Å². The van der Waals surface area contributed by atoms with E-state index in [0.717, 1.165) is 0 Å². The first-order chi connectivity index (χ1) is 13.4. The molecule has 0 fully saturated rings. The van der Waals surface area contributed by atoms with E-state index >= 15 is 0 Å². The van der Waals surface area contributed by atoms with E-state index in [9.17, 15) is 0 Å². The molecule has 0 saturated heterocycles. The summed E-state index contributed by atoms with van der Waals surface area (Å²) in [6, 6.07) is 27.5. The summed E-state index contributed by atoms with van der Waals surface area (Å²) in [7, 11) is 12.5. The van der Waals surface area contributed by atoms with Crippen LogP contribution in [0.2, 0.25) is 0 Å². The molecule has 0 heterocycles. The molecule has 0 atom stereocenters. The van der Waals surface area contributed by atoms with Gasteiger partial charge >= 0.3 is 178 Å². The quantitative estimate of drug-likeness (QED) is 0.500. The normalized spacial score (nSPS) is 10.8. The number of nitrogens with zero attached hydrogens (tertiary/aromatic N) is 3. The van der Waals surface area contributed by atoms with Crippen LogP contribution in [0.25, 0.3) is 0 Å². The van der Waals surface area contributed by atoms with Crippen molar-refractivity contribution in [2.24, 2.45) is 0 Å². The van der Waals surface area contributed by atoms with E-state index < -0.39 is 20.2 Å². The van der Waals surface area contributed by atoms with Crippen molar-refractivity contribution in [1.82, 2.24) is 0 Å². The van der Waals surface area contributed by atoms with E-state index in [1.54, 1.807) is 0 Å². The van der Waals surface area contributed by atoms with Crippen molar-refractivity contribution in [3.8, 4) is 0 Å². The van der Waals surface area contributed by atoms with Gasteiger partial charge in [0.15, 0.2) is 0 Å². The molecule has 4 heteroatoms. The molecule has 0 amide bonds. The Balaban J connectivity index is 2.04. The summed E-state index contributed by atoms with van der Waals surface area (Å²) in [5, 5.41) is 0. The Morgan fingerprint density at radius 2 is 0.607 bits per heavy atom. The molecular weight excluding hydrogens is 452 g/mol. The topological polar surface area (TPSA) is 9.72 Å². The van der Waals surface area contributed by atoms with Gasteiger partial charge in [-0.1, -0.05) is 0 Å². The zero-order chi connectivity index (χ0) is 20.3. The van der Waals surface area contributed by atoms with Gasteiger partial charge in [0.05, 0.1) is 0 Å². The van der Waals surface area contributed by atoms with Gasteiger partial charge in [-0.15, -0.1) is 0 Å². The Labute approximate surface area is 177 Å². The third kappa shape index (κ3) is 4.64. The molecular formula is C24H30N3Sb. The van der Waals surface area contributed by atoms with Gasteiger partial charge in [-0.25, -0.2) is 0 Å². The Bertz CT molecular complexity index is 760. The van der Waals surface area contributed by atoms with E-state index in [0.29, 0.717) is 0 Å². The molecule has 0 aliphatic rings. The van der Waals surface area contributed by atoms with E-state index in [2.05, 4.69) is 130 Å². The SMILES string of the molecule is CN(C)c1cc[c]([Sb]([c]2ccc(N(C)C)cc2)[c]2ccc(N(C)C)cc2)cc1. The van der Waals surface area contributed by atoms with Crippen LogP contribution in [0.15, 0.2) is 72.8 Å². The van der Waals surface area contributed by atoms with E-state index in [1.807, 2.05) is 0 Å². The van der Waals surface area contributed by atoms with Gasteiger partial charge in [0.1, 0.15) is 0 Å². The third-order valence-corrected chi connectivity index (χ3v) is 11.8. The van der Waals surface area contributed by atoms with Crippen LogP contribution in [0.4, 0.5) is 17.1 Å². The maximum atomic E-state index is 2.33. The Morgan fingerprint density at radius 1 is 0.393 bits per heavy atom. The molecule has 0 N–H and O–H groups in total. The van der Waals surface area contributed by atoms with Gasteiger partial charge < -0.3 is 0 Å². The first kappa shape index (κ1) is 20.6. The van der Waals surface area contributed by atoms with Crippen molar-refractivity contribution < 1.29 is 0 Å². The molecule has 28 heavy (non-hydrogen) atoms. The molecule has 0 saturated carbocycles. The number of anilines is 3. The van der Waals surface area contributed by atoms with Crippen LogP contribution in [0.3, 0.4) is 0 Å². The van der Waals surface area contributed by atoms with Gasteiger partial charge in [0, 0.05) is 0 Å². The number of benzene rings is 3. The molecule has 3 rings (SSSR count). The Hall–Kier alpha value is -2.12. The van der Waals surface area contributed by atoms with Crippen molar-refractivity contribution in [2.45, 2.75) is 0 Å². The fourth-order valence-corrected chi connectivity index (χ4v) is 9.53. The number of hydrogen-bond donors (Lipinski definition) is 0. The first-order valence-electron chi connectivity index (χ1n) is 9.49. The van der Waals surface area contributed by atoms with Gasteiger partial charge in [-0.2, -0.15) is 0 Å². The zero-order valence-electron chi connectivity index (χ0n) is 17.7. The van der Waals surface area contributed by atoms with E-state index in [-0.39, 0.29) is 0 Å². The van der Waals surface area contributed by atoms with Crippen LogP contribution in [-0.4, -0.2) is 62.5 Å². The van der Waals surface area contributed by atoms with Crippen molar-refractivity contribution in [2.75, 3.05) is 57.0 Å². The van der Waals surface area contributed by atoms with E-state index in [4.69, 9.17) is 0 Å². The van der Waals surface area contributed by atoms with Crippen molar-refractivity contribution in [3.05, 3.63) is 72.8 Å². The Morgan fingerprint density at radius 3 is 0.786 bits per heavy atom. The molecule has 3 nitrogen and oxygen atoms in total. The number of rotatable bonds is 6. The van der Waals surface area contributed by atoms with Gasteiger partial charge in [-0.05, 0) is 0 Å². The van der Waals surface area contributed by atoms with Crippen molar-refractivity contribution in [1.29, 1.82) is 0 Å². The summed E-state index contributed by atoms with van der Waals surface area (Å²) in [5.74, 6) is 0. The second-order valence-corrected chi connectivity index (χ2v) is 13.9. The predicted molar refractivity (Wildman–Crippen MR) is 127 cm³/mol. The van der Waals surface area contributed by atoms with Crippen LogP contribution < -0.4 is 25.2 Å². The molecule has 0 aromatic heterocycles. The van der Waals surface area contributed by atoms with E-state index in [1.165, 1.54) is 27.6 Å². The number of hydrogen-bond acceptors (Lipinski definition) is 3. The summed E-state index contributed by atoms with van der Waals surface area (Å²) in [4.78, 5) is 6.47. The molecule has 0 spiro atoms.